The summed E-state index contributed by atoms with van der Waals surface area (Å²) < 4.78 is 64.6. The predicted octanol–water partition coefficient (Wildman–Crippen LogP) is 3.78. The van der Waals surface area contributed by atoms with Crippen LogP contribution in [0.5, 0.6) is 0 Å². The molecule has 0 aromatic heterocycles. The normalized spacial score (nSPS) is 12.8. The third-order valence-corrected chi connectivity index (χ3v) is 5.86. The van der Waals surface area contributed by atoms with Gasteiger partial charge in [0.15, 0.2) is 0 Å². The van der Waals surface area contributed by atoms with Crippen molar-refractivity contribution in [3.05, 3.63) is 69.3 Å². The minimum Gasteiger partial charge on any atom is -0.350 e. The van der Waals surface area contributed by atoms with E-state index in [4.69, 9.17) is 0 Å². The molecule has 0 saturated carbocycles. The van der Waals surface area contributed by atoms with Gasteiger partial charge in [0.05, 0.1) is 22.4 Å². The number of alkyl halides is 3. The first-order valence-electron chi connectivity index (χ1n) is 9.44. The average molecular weight is 473 g/mol. The van der Waals surface area contributed by atoms with E-state index < -0.39 is 38.6 Å². The van der Waals surface area contributed by atoms with E-state index in [-0.39, 0.29) is 29.9 Å². The van der Waals surface area contributed by atoms with Gasteiger partial charge < -0.3 is 5.32 Å². The summed E-state index contributed by atoms with van der Waals surface area (Å²) in [5.41, 5.74) is -0.673. The van der Waals surface area contributed by atoms with Crippen molar-refractivity contribution in [2.24, 2.45) is 0 Å². The number of sulfonamides is 1. The maximum Gasteiger partial charge on any atom is 0.416 e. The van der Waals surface area contributed by atoms with Crippen LogP contribution in [0.2, 0.25) is 0 Å². The quantitative estimate of drug-likeness (QED) is 0.464. The summed E-state index contributed by atoms with van der Waals surface area (Å²) >= 11 is 0. The predicted molar refractivity (Wildman–Crippen MR) is 113 cm³/mol. The van der Waals surface area contributed by atoms with Crippen LogP contribution in [0.3, 0.4) is 0 Å². The Balaban J connectivity index is 2.36. The lowest BCUT2D eigenvalue weighted by molar-refractivity contribution is -0.384. The second kappa shape index (κ2) is 9.55. The molecular formula is C20H22F3N3O5S. The van der Waals surface area contributed by atoms with E-state index in [9.17, 15) is 36.5 Å². The Hall–Kier alpha value is -3.15. The lowest BCUT2D eigenvalue weighted by Crippen LogP contribution is -2.49. The Morgan fingerprint density at radius 1 is 1.22 bits per heavy atom. The van der Waals surface area contributed by atoms with Gasteiger partial charge in [0.1, 0.15) is 6.04 Å². The highest BCUT2D eigenvalue weighted by Gasteiger charge is 2.34. The van der Waals surface area contributed by atoms with Gasteiger partial charge in [0.25, 0.3) is 5.69 Å². The van der Waals surface area contributed by atoms with Gasteiger partial charge in [-0.25, -0.2) is 8.42 Å². The van der Waals surface area contributed by atoms with Gasteiger partial charge in [-0.05, 0) is 36.6 Å². The second-order valence-corrected chi connectivity index (χ2v) is 8.99. The van der Waals surface area contributed by atoms with Crippen molar-refractivity contribution in [3.63, 3.8) is 0 Å². The summed E-state index contributed by atoms with van der Waals surface area (Å²) in [6.45, 7) is 2.84. The molecule has 0 heterocycles. The van der Waals surface area contributed by atoms with Gasteiger partial charge in [-0.1, -0.05) is 25.1 Å². The van der Waals surface area contributed by atoms with Crippen LogP contribution in [0.1, 0.15) is 30.0 Å². The van der Waals surface area contributed by atoms with Crippen LogP contribution in [0.25, 0.3) is 0 Å². The van der Waals surface area contributed by atoms with Crippen LogP contribution < -0.4 is 9.62 Å². The summed E-state index contributed by atoms with van der Waals surface area (Å²) in [5, 5.41) is 13.6. The third-order valence-electron chi connectivity index (χ3n) is 4.69. The lowest BCUT2D eigenvalue weighted by atomic mass is 10.1. The molecule has 2 rings (SSSR count). The zero-order valence-corrected chi connectivity index (χ0v) is 18.3. The Morgan fingerprint density at radius 2 is 1.88 bits per heavy atom. The monoisotopic (exact) mass is 473 g/mol. The SMILES string of the molecule is CC[C@H](C(=O)NCc1cccc(C(F)(F)F)c1)N(c1cc([N+](=O)[O-])ccc1C)S(C)(=O)=O. The zero-order valence-electron chi connectivity index (χ0n) is 17.5. The Morgan fingerprint density at radius 3 is 2.41 bits per heavy atom. The molecule has 8 nitrogen and oxygen atoms in total. The van der Waals surface area contributed by atoms with Crippen LogP contribution in [0.4, 0.5) is 24.5 Å². The molecule has 2 aromatic carbocycles. The Bertz CT molecular complexity index is 1120. The molecule has 0 bridgehead atoms. The number of rotatable bonds is 8. The number of aryl methyl sites for hydroxylation is 1. The number of nitrogens with one attached hydrogen (secondary N) is 1. The van der Waals surface area contributed by atoms with Crippen molar-refractivity contribution in [2.45, 2.75) is 39.0 Å². The molecule has 32 heavy (non-hydrogen) atoms. The Labute approximate surface area is 183 Å². The summed E-state index contributed by atoms with van der Waals surface area (Å²) in [4.78, 5) is 23.3. The smallest absolute Gasteiger partial charge is 0.350 e. The Kier molecular flexibility index (Phi) is 7.50. The van der Waals surface area contributed by atoms with Crippen LogP contribution in [0, 0.1) is 17.0 Å². The minimum atomic E-state index is -4.54. The number of carbonyl (C=O) groups is 1. The minimum absolute atomic E-state index is 0.0175. The number of non-ortho nitro benzene ring substituents is 1. The molecule has 12 heteroatoms. The van der Waals surface area contributed by atoms with Crippen molar-refractivity contribution in [1.82, 2.24) is 5.32 Å². The standard InChI is InChI=1S/C20H22F3N3O5S/c1-4-17(19(27)24-12-14-6-5-7-15(10-14)20(21,22)23)25(32(3,30)31)18-11-16(26(28)29)9-8-13(18)2/h5-11,17H,4,12H2,1-3H3,(H,24,27)/t17-/m1/s1. The highest BCUT2D eigenvalue weighted by atomic mass is 32.2. The molecule has 0 radical (unpaired) electrons. The van der Waals surface area contributed by atoms with Gasteiger partial charge in [-0.2, -0.15) is 13.2 Å². The number of anilines is 1. The van der Waals surface area contributed by atoms with E-state index in [1.165, 1.54) is 24.3 Å². The first kappa shape index (κ1) is 25.1. The van der Waals surface area contributed by atoms with Gasteiger partial charge in [-0.15, -0.1) is 0 Å². The van der Waals surface area contributed by atoms with E-state index >= 15 is 0 Å². The van der Waals surface area contributed by atoms with Crippen LogP contribution in [0.15, 0.2) is 42.5 Å². The number of nitrogens with zero attached hydrogens (tertiary/aromatic N) is 2. The fraction of sp³-hybridized carbons (Fsp3) is 0.350. The molecule has 1 amide bonds. The van der Waals surface area contributed by atoms with Gasteiger partial charge in [-0.3, -0.25) is 19.2 Å². The zero-order chi connectivity index (χ0) is 24.3. The molecule has 2 aromatic rings. The van der Waals surface area contributed by atoms with E-state index in [2.05, 4.69) is 5.32 Å². The van der Waals surface area contributed by atoms with Gasteiger partial charge >= 0.3 is 6.18 Å². The molecule has 0 aliphatic heterocycles. The molecule has 0 spiro atoms. The molecule has 0 aliphatic rings. The number of carbonyl (C=O) groups excluding carboxylic acids is 1. The first-order valence-corrected chi connectivity index (χ1v) is 11.3. The number of hydrogen-bond donors (Lipinski definition) is 1. The van der Waals surface area contributed by atoms with E-state index in [1.54, 1.807) is 13.8 Å². The molecule has 1 N–H and O–H groups in total. The molecule has 0 fully saturated rings. The number of nitro groups is 1. The van der Waals surface area contributed by atoms with E-state index in [0.717, 1.165) is 28.8 Å². The summed E-state index contributed by atoms with van der Waals surface area (Å²) in [6.07, 6.45) is -3.66. The average Bonchev–Trinajstić information content (AvgIpc) is 2.69. The van der Waals surface area contributed by atoms with Crippen molar-refractivity contribution >= 4 is 27.3 Å². The maximum atomic E-state index is 12.9. The maximum absolute atomic E-state index is 12.9. The van der Waals surface area contributed by atoms with Gasteiger partial charge in [0, 0.05) is 18.7 Å². The fourth-order valence-electron chi connectivity index (χ4n) is 3.15. The molecule has 174 valence electrons. The van der Waals surface area contributed by atoms with Crippen molar-refractivity contribution in [2.75, 3.05) is 10.6 Å². The topological polar surface area (TPSA) is 110 Å². The highest BCUT2D eigenvalue weighted by molar-refractivity contribution is 7.92. The van der Waals surface area contributed by atoms with Crippen LogP contribution >= 0.6 is 0 Å². The lowest BCUT2D eigenvalue weighted by Gasteiger charge is -2.31. The van der Waals surface area contributed by atoms with Gasteiger partial charge in [0.2, 0.25) is 15.9 Å². The number of halogens is 3. The highest BCUT2D eigenvalue weighted by Crippen LogP contribution is 2.31. The molecule has 1 atom stereocenters. The largest absolute Gasteiger partial charge is 0.416 e. The van der Waals surface area contributed by atoms with Crippen LogP contribution in [-0.2, 0) is 27.5 Å². The second-order valence-electron chi connectivity index (χ2n) is 7.13. The number of hydrogen-bond acceptors (Lipinski definition) is 5. The third kappa shape index (κ3) is 5.96. The summed E-state index contributed by atoms with van der Waals surface area (Å²) in [7, 11) is -4.05. The molecule has 0 aliphatic carbocycles. The first-order chi connectivity index (χ1) is 14.8. The summed E-state index contributed by atoms with van der Waals surface area (Å²) in [6, 6.07) is 6.78. The molecule has 0 saturated heterocycles. The summed E-state index contributed by atoms with van der Waals surface area (Å²) in [5.74, 6) is -0.749. The fourth-order valence-corrected chi connectivity index (χ4v) is 4.41. The number of nitro benzene ring substituents is 1. The number of amides is 1. The van der Waals surface area contributed by atoms with Crippen molar-refractivity contribution in [3.8, 4) is 0 Å². The molecule has 0 unspecified atom stereocenters. The van der Waals surface area contributed by atoms with Crippen molar-refractivity contribution < 1.29 is 31.3 Å². The van der Waals surface area contributed by atoms with Crippen molar-refractivity contribution in [1.29, 1.82) is 0 Å². The number of benzene rings is 2. The van der Waals surface area contributed by atoms with E-state index in [1.807, 2.05) is 0 Å². The van der Waals surface area contributed by atoms with Crippen LogP contribution in [-0.4, -0.2) is 31.5 Å². The molecular weight excluding hydrogens is 451 g/mol. The van der Waals surface area contributed by atoms with E-state index in [0.29, 0.717) is 5.56 Å².